The number of phenols is 1. The molecular weight excluding hydrogens is 291 g/mol. The number of alkyl halides is 3. The van der Waals surface area contributed by atoms with E-state index < -0.39 is 36.4 Å². The molecule has 0 aliphatic carbocycles. The number of carboxylic acid groups (broad SMARTS) is 1. The van der Waals surface area contributed by atoms with Crippen LogP contribution in [0.15, 0.2) is 24.3 Å². The van der Waals surface area contributed by atoms with Crippen molar-refractivity contribution < 1.29 is 33.0 Å². The number of carboxylic acids is 1. The van der Waals surface area contributed by atoms with Gasteiger partial charge in [0.25, 0.3) is 0 Å². The van der Waals surface area contributed by atoms with Crippen molar-refractivity contribution in [3.8, 4) is 5.75 Å². The van der Waals surface area contributed by atoms with Gasteiger partial charge in [-0.2, -0.15) is 13.2 Å². The van der Waals surface area contributed by atoms with Crippen molar-refractivity contribution in [1.82, 2.24) is 4.90 Å². The Labute approximate surface area is 117 Å². The monoisotopic (exact) mass is 303 g/mol. The summed E-state index contributed by atoms with van der Waals surface area (Å²) in [4.78, 5) is 22.9. The largest absolute Gasteiger partial charge is 0.508 e. The van der Waals surface area contributed by atoms with Crippen molar-refractivity contribution in [2.45, 2.75) is 12.1 Å². The Balaban J connectivity index is 2.28. The van der Waals surface area contributed by atoms with Crippen LogP contribution in [0.3, 0.4) is 0 Å². The summed E-state index contributed by atoms with van der Waals surface area (Å²) in [6.45, 7) is -0.854. The van der Waals surface area contributed by atoms with Gasteiger partial charge in [0.1, 0.15) is 5.75 Å². The summed E-state index contributed by atoms with van der Waals surface area (Å²) in [7, 11) is 0. The van der Waals surface area contributed by atoms with Crippen molar-refractivity contribution in [3.05, 3.63) is 29.8 Å². The van der Waals surface area contributed by atoms with Crippen LogP contribution in [0, 0.1) is 5.92 Å². The standard InChI is InChI=1S/C13H12F3NO4/c14-13(15,16)12(21)17-5-9(10(6-17)11(19)20)7-2-1-3-8(18)4-7/h1-4,9-10,18H,5-6H2,(H,19,20)/t9-,10+/m0/s1. The van der Waals surface area contributed by atoms with Crippen LogP contribution < -0.4 is 0 Å². The lowest BCUT2D eigenvalue weighted by atomic mass is 9.89. The SMILES string of the molecule is O=C(O)[C@@H]1CN(C(=O)C(F)(F)F)C[C@H]1c1cccc(O)c1. The highest BCUT2D eigenvalue weighted by molar-refractivity contribution is 5.84. The summed E-state index contributed by atoms with van der Waals surface area (Å²) in [6, 6.07) is 5.65. The summed E-state index contributed by atoms with van der Waals surface area (Å²) in [6.07, 6.45) is -5.03. The third-order valence-corrected chi connectivity index (χ3v) is 3.47. The molecule has 1 heterocycles. The summed E-state index contributed by atoms with van der Waals surface area (Å²) in [5, 5.41) is 18.5. The zero-order chi connectivity index (χ0) is 15.8. The molecule has 1 amide bonds. The summed E-state index contributed by atoms with van der Waals surface area (Å²) in [5.41, 5.74) is 0.389. The molecule has 2 rings (SSSR count). The van der Waals surface area contributed by atoms with E-state index in [-0.39, 0.29) is 12.3 Å². The number of aromatic hydroxyl groups is 1. The number of amides is 1. The molecule has 1 saturated heterocycles. The second kappa shape index (κ2) is 5.27. The van der Waals surface area contributed by atoms with E-state index in [0.29, 0.717) is 10.5 Å². The molecule has 8 heteroatoms. The minimum atomic E-state index is -5.03. The second-order valence-corrected chi connectivity index (χ2v) is 4.85. The average molecular weight is 303 g/mol. The van der Waals surface area contributed by atoms with E-state index in [1.54, 1.807) is 0 Å². The lowest BCUT2D eigenvalue weighted by molar-refractivity contribution is -0.184. The van der Waals surface area contributed by atoms with Crippen LogP contribution in [0.1, 0.15) is 11.5 Å². The van der Waals surface area contributed by atoms with Crippen LogP contribution in [0.5, 0.6) is 5.75 Å². The van der Waals surface area contributed by atoms with Crippen LogP contribution >= 0.6 is 0 Å². The number of aliphatic carboxylic acids is 1. The topological polar surface area (TPSA) is 77.8 Å². The molecule has 0 spiro atoms. The molecular formula is C13H12F3NO4. The summed E-state index contributed by atoms with van der Waals surface area (Å²) >= 11 is 0. The van der Waals surface area contributed by atoms with E-state index in [1.807, 2.05) is 0 Å². The van der Waals surface area contributed by atoms with Gasteiger partial charge in [-0.05, 0) is 17.7 Å². The van der Waals surface area contributed by atoms with Gasteiger partial charge in [-0.15, -0.1) is 0 Å². The first-order chi connectivity index (χ1) is 9.70. The fourth-order valence-corrected chi connectivity index (χ4v) is 2.49. The molecule has 0 aromatic heterocycles. The number of carbonyl (C=O) groups is 2. The van der Waals surface area contributed by atoms with Crippen molar-refractivity contribution >= 4 is 11.9 Å². The predicted octanol–water partition coefficient (Wildman–Crippen LogP) is 1.58. The Bertz CT molecular complexity index is 573. The minimum absolute atomic E-state index is 0.114. The van der Waals surface area contributed by atoms with Crippen molar-refractivity contribution in [2.24, 2.45) is 5.92 Å². The first kappa shape index (κ1) is 15.1. The van der Waals surface area contributed by atoms with E-state index >= 15 is 0 Å². The average Bonchev–Trinajstić information content (AvgIpc) is 2.81. The molecule has 1 aromatic rings. The van der Waals surface area contributed by atoms with E-state index in [1.165, 1.54) is 24.3 Å². The first-order valence-corrected chi connectivity index (χ1v) is 6.08. The van der Waals surface area contributed by atoms with Crippen LogP contribution in [0.25, 0.3) is 0 Å². The van der Waals surface area contributed by atoms with Gasteiger partial charge < -0.3 is 15.1 Å². The maximum absolute atomic E-state index is 12.4. The summed E-state index contributed by atoms with van der Waals surface area (Å²) < 4.78 is 37.3. The number of rotatable bonds is 2. The fraction of sp³-hybridized carbons (Fsp3) is 0.385. The number of benzene rings is 1. The Morgan fingerprint density at radius 1 is 1.24 bits per heavy atom. The van der Waals surface area contributed by atoms with Crippen molar-refractivity contribution in [2.75, 3.05) is 13.1 Å². The molecule has 0 saturated carbocycles. The van der Waals surface area contributed by atoms with Crippen LogP contribution in [-0.2, 0) is 9.59 Å². The lowest BCUT2D eigenvalue weighted by Crippen LogP contribution is -2.40. The van der Waals surface area contributed by atoms with Crippen LogP contribution in [0.4, 0.5) is 13.2 Å². The number of hydrogen-bond acceptors (Lipinski definition) is 3. The van der Waals surface area contributed by atoms with Crippen LogP contribution in [-0.4, -0.2) is 46.3 Å². The zero-order valence-corrected chi connectivity index (χ0v) is 10.7. The molecule has 1 aromatic carbocycles. The van der Waals surface area contributed by atoms with Gasteiger partial charge in [-0.25, -0.2) is 0 Å². The molecule has 1 aliphatic heterocycles. The van der Waals surface area contributed by atoms with E-state index in [9.17, 15) is 27.9 Å². The van der Waals surface area contributed by atoms with E-state index in [0.717, 1.165) is 0 Å². The molecule has 21 heavy (non-hydrogen) atoms. The van der Waals surface area contributed by atoms with Crippen molar-refractivity contribution in [3.63, 3.8) is 0 Å². The zero-order valence-electron chi connectivity index (χ0n) is 10.7. The highest BCUT2D eigenvalue weighted by Crippen LogP contribution is 2.36. The lowest BCUT2D eigenvalue weighted by Gasteiger charge is -2.17. The summed E-state index contributed by atoms with van der Waals surface area (Å²) in [5.74, 6) is -5.37. The molecule has 2 atom stereocenters. The number of likely N-dealkylation sites (tertiary alicyclic amines) is 1. The van der Waals surface area contributed by atoms with Crippen LogP contribution in [0.2, 0.25) is 0 Å². The second-order valence-electron chi connectivity index (χ2n) is 4.85. The normalized spacial score (nSPS) is 22.3. The molecule has 1 fully saturated rings. The van der Waals surface area contributed by atoms with Gasteiger partial charge in [-0.3, -0.25) is 9.59 Å². The molecule has 2 N–H and O–H groups in total. The van der Waals surface area contributed by atoms with E-state index in [2.05, 4.69) is 0 Å². The number of hydrogen-bond donors (Lipinski definition) is 2. The minimum Gasteiger partial charge on any atom is -0.508 e. The van der Waals surface area contributed by atoms with Gasteiger partial charge in [0.15, 0.2) is 0 Å². The maximum atomic E-state index is 12.4. The quantitative estimate of drug-likeness (QED) is 0.869. The Kier molecular flexibility index (Phi) is 3.80. The Hall–Kier alpha value is -2.25. The molecule has 114 valence electrons. The van der Waals surface area contributed by atoms with Gasteiger partial charge in [0.2, 0.25) is 0 Å². The fourth-order valence-electron chi connectivity index (χ4n) is 2.49. The first-order valence-electron chi connectivity index (χ1n) is 6.08. The number of carbonyl (C=O) groups excluding carboxylic acids is 1. The highest BCUT2D eigenvalue weighted by Gasteiger charge is 2.48. The molecule has 1 aliphatic rings. The van der Waals surface area contributed by atoms with Crippen molar-refractivity contribution in [1.29, 1.82) is 0 Å². The maximum Gasteiger partial charge on any atom is 0.471 e. The third kappa shape index (κ3) is 3.09. The molecule has 0 bridgehead atoms. The smallest absolute Gasteiger partial charge is 0.471 e. The Morgan fingerprint density at radius 3 is 2.43 bits per heavy atom. The predicted molar refractivity (Wildman–Crippen MR) is 64.6 cm³/mol. The molecule has 0 unspecified atom stereocenters. The Morgan fingerprint density at radius 2 is 1.90 bits per heavy atom. The van der Waals surface area contributed by atoms with Gasteiger partial charge >= 0.3 is 18.1 Å². The molecule has 5 nitrogen and oxygen atoms in total. The number of nitrogens with zero attached hydrogens (tertiary/aromatic N) is 1. The number of phenolic OH excluding ortho intramolecular Hbond substituents is 1. The highest BCUT2D eigenvalue weighted by atomic mass is 19.4. The third-order valence-electron chi connectivity index (χ3n) is 3.47. The van der Waals surface area contributed by atoms with Gasteiger partial charge in [0.05, 0.1) is 5.92 Å². The number of halogens is 3. The molecule has 0 radical (unpaired) electrons. The van der Waals surface area contributed by atoms with E-state index in [4.69, 9.17) is 5.11 Å². The van der Waals surface area contributed by atoms with Gasteiger partial charge in [-0.1, -0.05) is 12.1 Å². The van der Waals surface area contributed by atoms with Gasteiger partial charge in [0, 0.05) is 19.0 Å².